The Morgan fingerprint density at radius 2 is 2.07 bits per heavy atom. The molecule has 1 rings (SSSR count). The quantitative estimate of drug-likeness (QED) is 0.635. The van der Waals surface area contributed by atoms with Crippen LogP contribution in [0.15, 0.2) is 0 Å². The summed E-state index contributed by atoms with van der Waals surface area (Å²) in [5, 5.41) is 13.1. The van der Waals surface area contributed by atoms with Crippen LogP contribution in [0.25, 0.3) is 0 Å². The zero-order valence-corrected chi connectivity index (χ0v) is 9.87. The Morgan fingerprint density at radius 3 is 2.80 bits per heavy atom. The fraction of sp³-hybridized carbons (Fsp3) is 1.00. The number of hydrogen-bond acceptors (Lipinski definition) is 3. The standard InChI is InChI=1S/C12H25NO2/c1-2-9-15-10-5-8-13-11-6-3-4-7-12(11)14/h11-14H,2-10H2,1H3/t11-,12-/m1/s1. The van der Waals surface area contributed by atoms with Crippen molar-refractivity contribution in [2.24, 2.45) is 0 Å². The predicted molar refractivity (Wildman–Crippen MR) is 62.0 cm³/mol. The van der Waals surface area contributed by atoms with E-state index < -0.39 is 0 Å². The number of ether oxygens (including phenoxy) is 1. The number of rotatable bonds is 7. The summed E-state index contributed by atoms with van der Waals surface area (Å²) >= 11 is 0. The van der Waals surface area contributed by atoms with Gasteiger partial charge in [-0.15, -0.1) is 0 Å². The maximum absolute atomic E-state index is 9.72. The Bertz CT molecular complexity index is 153. The summed E-state index contributed by atoms with van der Waals surface area (Å²) in [7, 11) is 0. The van der Waals surface area contributed by atoms with Crippen LogP contribution in [0.5, 0.6) is 0 Å². The van der Waals surface area contributed by atoms with Gasteiger partial charge in [0.15, 0.2) is 0 Å². The molecule has 15 heavy (non-hydrogen) atoms. The predicted octanol–water partition coefficient (Wildman–Crippen LogP) is 1.70. The summed E-state index contributed by atoms with van der Waals surface area (Å²) in [6.45, 7) is 4.79. The van der Waals surface area contributed by atoms with Crippen molar-refractivity contribution in [1.82, 2.24) is 5.32 Å². The second-order valence-corrected chi connectivity index (χ2v) is 4.38. The van der Waals surface area contributed by atoms with Crippen molar-refractivity contribution in [3.63, 3.8) is 0 Å². The number of hydrogen-bond donors (Lipinski definition) is 2. The molecule has 1 aliphatic rings. The highest BCUT2D eigenvalue weighted by molar-refractivity contribution is 4.79. The third-order valence-corrected chi connectivity index (χ3v) is 2.95. The molecular weight excluding hydrogens is 190 g/mol. The van der Waals surface area contributed by atoms with Crippen molar-refractivity contribution in [2.45, 2.75) is 57.6 Å². The fourth-order valence-electron chi connectivity index (χ4n) is 2.06. The van der Waals surface area contributed by atoms with Gasteiger partial charge in [0.25, 0.3) is 0 Å². The number of aliphatic hydroxyl groups is 1. The average Bonchev–Trinajstić information content (AvgIpc) is 2.25. The van der Waals surface area contributed by atoms with E-state index in [1.165, 1.54) is 12.8 Å². The molecule has 0 unspecified atom stereocenters. The molecule has 0 aromatic carbocycles. The van der Waals surface area contributed by atoms with Gasteiger partial charge in [-0.05, 0) is 32.2 Å². The van der Waals surface area contributed by atoms with Crippen molar-refractivity contribution < 1.29 is 9.84 Å². The van der Waals surface area contributed by atoms with Gasteiger partial charge in [0.1, 0.15) is 0 Å². The van der Waals surface area contributed by atoms with E-state index in [1.807, 2.05) is 0 Å². The van der Waals surface area contributed by atoms with Crippen LogP contribution in [0.4, 0.5) is 0 Å². The molecule has 3 nitrogen and oxygen atoms in total. The molecule has 0 aromatic heterocycles. The maximum Gasteiger partial charge on any atom is 0.0693 e. The van der Waals surface area contributed by atoms with Crippen molar-refractivity contribution in [1.29, 1.82) is 0 Å². The average molecular weight is 215 g/mol. The Morgan fingerprint density at radius 1 is 1.27 bits per heavy atom. The van der Waals surface area contributed by atoms with Gasteiger partial charge < -0.3 is 15.2 Å². The highest BCUT2D eigenvalue weighted by Crippen LogP contribution is 2.18. The lowest BCUT2D eigenvalue weighted by Crippen LogP contribution is -2.42. The van der Waals surface area contributed by atoms with Crippen LogP contribution in [0.3, 0.4) is 0 Å². The minimum absolute atomic E-state index is 0.129. The molecule has 90 valence electrons. The van der Waals surface area contributed by atoms with Crippen molar-refractivity contribution in [3.05, 3.63) is 0 Å². The van der Waals surface area contributed by atoms with Crippen LogP contribution in [-0.2, 0) is 4.74 Å². The van der Waals surface area contributed by atoms with E-state index in [1.54, 1.807) is 0 Å². The monoisotopic (exact) mass is 215 g/mol. The van der Waals surface area contributed by atoms with Gasteiger partial charge in [-0.2, -0.15) is 0 Å². The maximum atomic E-state index is 9.72. The Balaban J connectivity index is 1.94. The molecule has 0 amide bonds. The summed E-state index contributed by atoms with van der Waals surface area (Å²) in [6, 6.07) is 0.324. The molecular formula is C12H25NO2. The first kappa shape index (κ1) is 12.9. The molecule has 0 saturated heterocycles. The first-order chi connectivity index (χ1) is 7.34. The lowest BCUT2D eigenvalue weighted by Gasteiger charge is -2.28. The molecule has 3 heteroatoms. The molecule has 0 radical (unpaired) electrons. The highest BCUT2D eigenvalue weighted by atomic mass is 16.5. The Labute approximate surface area is 93.2 Å². The zero-order valence-electron chi connectivity index (χ0n) is 9.87. The minimum Gasteiger partial charge on any atom is -0.392 e. The summed E-state index contributed by atoms with van der Waals surface area (Å²) in [5.41, 5.74) is 0. The Hall–Kier alpha value is -0.120. The molecule has 2 N–H and O–H groups in total. The summed E-state index contributed by atoms with van der Waals surface area (Å²) in [5.74, 6) is 0. The SMILES string of the molecule is CCCOCCCN[C@@H]1CCCC[C@H]1O. The smallest absolute Gasteiger partial charge is 0.0693 e. The van der Waals surface area contributed by atoms with Gasteiger partial charge in [0.2, 0.25) is 0 Å². The van der Waals surface area contributed by atoms with Crippen molar-refractivity contribution in [2.75, 3.05) is 19.8 Å². The molecule has 1 fully saturated rings. The van der Waals surface area contributed by atoms with Gasteiger partial charge in [-0.3, -0.25) is 0 Å². The van der Waals surface area contributed by atoms with E-state index in [9.17, 15) is 5.11 Å². The van der Waals surface area contributed by atoms with Crippen molar-refractivity contribution in [3.8, 4) is 0 Å². The van der Waals surface area contributed by atoms with E-state index in [2.05, 4.69) is 12.2 Å². The second kappa shape index (κ2) is 8.08. The topological polar surface area (TPSA) is 41.5 Å². The van der Waals surface area contributed by atoms with E-state index in [0.29, 0.717) is 6.04 Å². The van der Waals surface area contributed by atoms with E-state index in [4.69, 9.17) is 4.74 Å². The first-order valence-corrected chi connectivity index (χ1v) is 6.33. The van der Waals surface area contributed by atoms with Crippen LogP contribution >= 0.6 is 0 Å². The van der Waals surface area contributed by atoms with Crippen LogP contribution < -0.4 is 5.32 Å². The molecule has 2 atom stereocenters. The minimum atomic E-state index is -0.129. The van der Waals surface area contributed by atoms with E-state index in [0.717, 1.165) is 45.4 Å². The Kier molecular flexibility index (Phi) is 6.98. The summed E-state index contributed by atoms with van der Waals surface area (Å²) in [4.78, 5) is 0. The molecule has 1 saturated carbocycles. The van der Waals surface area contributed by atoms with Crippen molar-refractivity contribution >= 4 is 0 Å². The van der Waals surface area contributed by atoms with Gasteiger partial charge >= 0.3 is 0 Å². The van der Waals surface area contributed by atoms with Gasteiger partial charge in [0, 0.05) is 19.3 Å². The molecule has 0 heterocycles. The first-order valence-electron chi connectivity index (χ1n) is 6.33. The second-order valence-electron chi connectivity index (χ2n) is 4.38. The number of aliphatic hydroxyl groups excluding tert-OH is 1. The summed E-state index contributed by atoms with van der Waals surface area (Å²) < 4.78 is 5.40. The lowest BCUT2D eigenvalue weighted by molar-refractivity contribution is 0.0870. The van der Waals surface area contributed by atoms with Crippen LogP contribution in [0.2, 0.25) is 0 Å². The number of nitrogens with one attached hydrogen (secondary N) is 1. The molecule has 0 spiro atoms. The van der Waals surface area contributed by atoms with E-state index in [-0.39, 0.29) is 6.10 Å². The summed E-state index contributed by atoms with van der Waals surface area (Å²) in [6.07, 6.45) is 6.52. The molecule has 0 aromatic rings. The van der Waals surface area contributed by atoms with Crippen LogP contribution in [0.1, 0.15) is 45.4 Å². The van der Waals surface area contributed by atoms with E-state index >= 15 is 0 Å². The fourth-order valence-corrected chi connectivity index (χ4v) is 2.06. The molecule has 0 aliphatic heterocycles. The largest absolute Gasteiger partial charge is 0.392 e. The highest BCUT2D eigenvalue weighted by Gasteiger charge is 2.21. The van der Waals surface area contributed by atoms with Gasteiger partial charge in [-0.1, -0.05) is 19.8 Å². The van der Waals surface area contributed by atoms with Crippen LogP contribution in [0, 0.1) is 0 Å². The van der Waals surface area contributed by atoms with Gasteiger partial charge in [-0.25, -0.2) is 0 Å². The molecule has 1 aliphatic carbocycles. The third kappa shape index (κ3) is 5.50. The van der Waals surface area contributed by atoms with Gasteiger partial charge in [0.05, 0.1) is 6.10 Å². The van der Waals surface area contributed by atoms with Crippen LogP contribution in [-0.4, -0.2) is 37.0 Å². The third-order valence-electron chi connectivity index (χ3n) is 2.95. The molecule has 0 bridgehead atoms. The zero-order chi connectivity index (χ0) is 10.9. The normalized spacial score (nSPS) is 26.8. The lowest BCUT2D eigenvalue weighted by atomic mass is 9.92.